The molecule has 0 aliphatic heterocycles. The Hall–Kier alpha value is -0.300. The van der Waals surface area contributed by atoms with Crippen LogP contribution in [0.4, 0.5) is 0 Å². The molecule has 1 aliphatic rings. The first-order valence-corrected chi connectivity index (χ1v) is 6.69. The monoisotopic (exact) mass is 209 g/mol. The summed E-state index contributed by atoms with van der Waals surface area (Å²) in [6.07, 6.45) is 12.4. The standard InChI is InChI=1S/C14H27N/c1-4-9-12(3)14(5-2)15-13-10-7-6-8-11-13/h6-7,12-15H,4-5,8-11H2,1-3H3. The van der Waals surface area contributed by atoms with E-state index in [-0.39, 0.29) is 0 Å². The number of allylic oxidation sites excluding steroid dienone is 1. The van der Waals surface area contributed by atoms with E-state index in [1.54, 1.807) is 0 Å². The molecule has 0 aromatic heterocycles. The lowest BCUT2D eigenvalue weighted by Gasteiger charge is -2.30. The average molecular weight is 209 g/mol. The highest BCUT2D eigenvalue weighted by atomic mass is 15.0. The van der Waals surface area contributed by atoms with Crippen LogP contribution in [0.5, 0.6) is 0 Å². The van der Waals surface area contributed by atoms with E-state index in [0.717, 1.165) is 18.0 Å². The van der Waals surface area contributed by atoms with E-state index in [0.29, 0.717) is 0 Å². The van der Waals surface area contributed by atoms with Crippen LogP contribution in [-0.2, 0) is 0 Å². The molecule has 15 heavy (non-hydrogen) atoms. The van der Waals surface area contributed by atoms with Crippen LogP contribution in [0, 0.1) is 5.92 Å². The van der Waals surface area contributed by atoms with Gasteiger partial charge in [0, 0.05) is 12.1 Å². The molecule has 0 amide bonds. The van der Waals surface area contributed by atoms with E-state index in [9.17, 15) is 0 Å². The Morgan fingerprint density at radius 3 is 2.67 bits per heavy atom. The molecule has 0 aromatic rings. The van der Waals surface area contributed by atoms with Gasteiger partial charge in [-0.1, -0.05) is 39.3 Å². The van der Waals surface area contributed by atoms with E-state index in [1.165, 1.54) is 38.5 Å². The second kappa shape index (κ2) is 7.05. The van der Waals surface area contributed by atoms with Crippen molar-refractivity contribution in [1.82, 2.24) is 5.32 Å². The summed E-state index contributed by atoms with van der Waals surface area (Å²) in [7, 11) is 0. The van der Waals surface area contributed by atoms with Crippen LogP contribution < -0.4 is 5.32 Å². The molecule has 1 aliphatic carbocycles. The lowest BCUT2D eigenvalue weighted by atomic mass is 9.92. The molecule has 0 fully saturated rings. The molecule has 1 heteroatoms. The third kappa shape index (κ3) is 4.38. The second-order valence-electron chi connectivity index (χ2n) is 4.93. The summed E-state index contributed by atoms with van der Waals surface area (Å²) in [5, 5.41) is 3.84. The highest BCUT2D eigenvalue weighted by molar-refractivity contribution is 4.94. The Balaban J connectivity index is 2.34. The van der Waals surface area contributed by atoms with Crippen molar-refractivity contribution in [2.45, 2.75) is 71.4 Å². The van der Waals surface area contributed by atoms with Gasteiger partial charge in [0.05, 0.1) is 0 Å². The summed E-state index contributed by atoms with van der Waals surface area (Å²) < 4.78 is 0. The zero-order valence-electron chi connectivity index (χ0n) is 10.6. The smallest absolute Gasteiger partial charge is 0.0107 e. The molecule has 0 saturated carbocycles. The van der Waals surface area contributed by atoms with Gasteiger partial charge in [-0.25, -0.2) is 0 Å². The van der Waals surface area contributed by atoms with Gasteiger partial charge in [-0.3, -0.25) is 0 Å². The zero-order valence-corrected chi connectivity index (χ0v) is 10.6. The minimum Gasteiger partial charge on any atom is -0.311 e. The summed E-state index contributed by atoms with van der Waals surface area (Å²) in [6, 6.07) is 1.46. The van der Waals surface area contributed by atoms with Gasteiger partial charge in [0.2, 0.25) is 0 Å². The third-order valence-corrected chi connectivity index (χ3v) is 3.59. The average Bonchev–Trinajstić information content (AvgIpc) is 2.27. The van der Waals surface area contributed by atoms with E-state index in [4.69, 9.17) is 0 Å². The van der Waals surface area contributed by atoms with Gasteiger partial charge in [0.15, 0.2) is 0 Å². The molecular formula is C14H27N. The summed E-state index contributed by atoms with van der Waals surface area (Å²) in [4.78, 5) is 0. The Morgan fingerprint density at radius 1 is 1.33 bits per heavy atom. The topological polar surface area (TPSA) is 12.0 Å². The predicted octanol–water partition coefficient (Wildman–Crippen LogP) is 3.90. The van der Waals surface area contributed by atoms with Crippen molar-refractivity contribution >= 4 is 0 Å². The highest BCUT2D eigenvalue weighted by Gasteiger charge is 2.18. The first kappa shape index (κ1) is 12.8. The van der Waals surface area contributed by atoms with Crippen molar-refractivity contribution in [3.8, 4) is 0 Å². The Morgan fingerprint density at radius 2 is 2.13 bits per heavy atom. The number of rotatable bonds is 6. The van der Waals surface area contributed by atoms with Crippen LogP contribution in [0.2, 0.25) is 0 Å². The third-order valence-electron chi connectivity index (χ3n) is 3.59. The molecule has 1 N–H and O–H groups in total. The summed E-state index contributed by atoms with van der Waals surface area (Å²) in [5.41, 5.74) is 0. The molecule has 1 rings (SSSR count). The fourth-order valence-corrected chi connectivity index (χ4v) is 2.59. The van der Waals surface area contributed by atoms with E-state index < -0.39 is 0 Å². The highest BCUT2D eigenvalue weighted by Crippen LogP contribution is 2.17. The maximum Gasteiger partial charge on any atom is 0.0107 e. The first-order chi connectivity index (χ1) is 7.27. The molecule has 88 valence electrons. The van der Waals surface area contributed by atoms with Crippen LogP contribution in [0.15, 0.2) is 12.2 Å². The lowest BCUT2D eigenvalue weighted by Crippen LogP contribution is -2.42. The molecular weight excluding hydrogens is 182 g/mol. The van der Waals surface area contributed by atoms with E-state index in [1.807, 2.05) is 0 Å². The fraction of sp³-hybridized carbons (Fsp3) is 0.857. The van der Waals surface area contributed by atoms with Crippen molar-refractivity contribution in [1.29, 1.82) is 0 Å². The van der Waals surface area contributed by atoms with Crippen molar-refractivity contribution < 1.29 is 0 Å². The normalized spacial score (nSPS) is 25.1. The van der Waals surface area contributed by atoms with E-state index in [2.05, 4.69) is 38.2 Å². The van der Waals surface area contributed by atoms with Crippen LogP contribution in [0.3, 0.4) is 0 Å². The molecule has 1 nitrogen and oxygen atoms in total. The van der Waals surface area contributed by atoms with E-state index >= 15 is 0 Å². The molecule has 3 unspecified atom stereocenters. The minimum atomic E-state index is 0.724. The van der Waals surface area contributed by atoms with Crippen molar-refractivity contribution in [2.24, 2.45) is 5.92 Å². The van der Waals surface area contributed by atoms with Crippen LogP contribution in [0.25, 0.3) is 0 Å². The summed E-state index contributed by atoms with van der Waals surface area (Å²) in [6.45, 7) is 6.98. The van der Waals surface area contributed by atoms with Crippen LogP contribution in [-0.4, -0.2) is 12.1 Å². The van der Waals surface area contributed by atoms with Gasteiger partial charge in [0.25, 0.3) is 0 Å². The molecule has 0 saturated heterocycles. The molecule has 0 spiro atoms. The lowest BCUT2D eigenvalue weighted by molar-refractivity contribution is 0.302. The second-order valence-corrected chi connectivity index (χ2v) is 4.93. The van der Waals surface area contributed by atoms with Crippen molar-refractivity contribution in [3.63, 3.8) is 0 Å². The number of hydrogen-bond acceptors (Lipinski definition) is 1. The van der Waals surface area contributed by atoms with Gasteiger partial charge >= 0.3 is 0 Å². The van der Waals surface area contributed by atoms with Crippen molar-refractivity contribution in [3.05, 3.63) is 12.2 Å². The van der Waals surface area contributed by atoms with Crippen molar-refractivity contribution in [2.75, 3.05) is 0 Å². The van der Waals surface area contributed by atoms with Gasteiger partial charge in [-0.05, 0) is 38.0 Å². The first-order valence-electron chi connectivity index (χ1n) is 6.69. The molecule has 3 atom stereocenters. The Kier molecular flexibility index (Phi) is 6.00. The molecule has 0 radical (unpaired) electrons. The molecule has 0 bridgehead atoms. The van der Waals surface area contributed by atoms with Gasteiger partial charge in [-0.15, -0.1) is 0 Å². The fourth-order valence-electron chi connectivity index (χ4n) is 2.59. The van der Waals surface area contributed by atoms with Gasteiger partial charge < -0.3 is 5.32 Å². The Bertz CT molecular complexity index is 186. The number of hydrogen-bond donors (Lipinski definition) is 1. The maximum atomic E-state index is 3.84. The zero-order chi connectivity index (χ0) is 11.1. The summed E-state index contributed by atoms with van der Waals surface area (Å²) >= 11 is 0. The minimum absolute atomic E-state index is 0.724. The SMILES string of the molecule is CCCC(C)C(CC)NC1CC=CCC1. The predicted molar refractivity (Wildman–Crippen MR) is 68.1 cm³/mol. The van der Waals surface area contributed by atoms with Gasteiger partial charge in [0.1, 0.15) is 0 Å². The van der Waals surface area contributed by atoms with Crippen LogP contribution in [0.1, 0.15) is 59.3 Å². The molecule has 0 heterocycles. The maximum absolute atomic E-state index is 3.84. The quantitative estimate of drug-likeness (QED) is 0.654. The molecule has 0 aromatic carbocycles. The van der Waals surface area contributed by atoms with Gasteiger partial charge in [-0.2, -0.15) is 0 Å². The Labute approximate surface area is 95.3 Å². The largest absolute Gasteiger partial charge is 0.311 e. The van der Waals surface area contributed by atoms with Crippen LogP contribution >= 0.6 is 0 Å². The number of nitrogens with one attached hydrogen (secondary N) is 1. The summed E-state index contributed by atoms with van der Waals surface area (Å²) in [5.74, 6) is 0.825.